The number of methoxy groups -OCH3 is 1. The molecule has 0 atom stereocenters. The van der Waals surface area contributed by atoms with E-state index in [0.29, 0.717) is 18.3 Å². The Morgan fingerprint density at radius 1 is 0.800 bits per heavy atom. The maximum absolute atomic E-state index is 6.13. The van der Waals surface area contributed by atoms with Crippen molar-refractivity contribution in [2.24, 2.45) is 0 Å². The Balaban J connectivity index is 1.67. The van der Waals surface area contributed by atoms with Gasteiger partial charge < -0.3 is 14.8 Å². The van der Waals surface area contributed by atoms with Crippen LogP contribution < -0.4 is 5.32 Å². The Hall–Kier alpha value is -0.120. The zero-order chi connectivity index (χ0) is 10.5. The van der Waals surface area contributed by atoms with Gasteiger partial charge in [0.15, 0.2) is 0 Å². The second-order valence-corrected chi connectivity index (χ2v) is 4.72. The van der Waals surface area contributed by atoms with Crippen molar-refractivity contribution in [1.29, 1.82) is 0 Å². The van der Waals surface area contributed by atoms with E-state index in [-0.39, 0.29) is 0 Å². The van der Waals surface area contributed by atoms with Gasteiger partial charge in [-0.3, -0.25) is 0 Å². The molecule has 1 heterocycles. The summed E-state index contributed by atoms with van der Waals surface area (Å²) in [5, 5.41) is 3.37. The molecule has 3 nitrogen and oxygen atoms in total. The Morgan fingerprint density at radius 3 is 1.93 bits per heavy atom. The summed E-state index contributed by atoms with van der Waals surface area (Å²) in [5.41, 5.74) is 0. The fraction of sp³-hybridized carbons (Fsp3) is 1.00. The van der Waals surface area contributed by atoms with Crippen molar-refractivity contribution in [3.63, 3.8) is 0 Å². The summed E-state index contributed by atoms with van der Waals surface area (Å²) < 4.78 is 11.5. The molecule has 1 N–H and O–H groups in total. The van der Waals surface area contributed by atoms with Crippen molar-refractivity contribution >= 4 is 0 Å². The zero-order valence-electron chi connectivity index (χ0n) is 9.71. The van der Waals surface area contributed by atoms with Gasteiger partial charge in [-0.25, -0.2) is 0 Å². The first-order valence-electron chi connectivity index (χ1n) is 6.27. The van der Waals surface area contributed by atoms with Crippen molar-refractivity contribution in [1.82, 2.24) is 5.32 Å². The summed E-state index contributed by atoms with van der Waals surface area (Å²) in [5.74, 6) is 0. The van der Waals surface area contributed by atoms with Gasteiger partial charge in [0.25, 0.3) is 0 Å². The molecule has 2 rings (SSSR count). The summed E-state index contributed by atoms with van der Waals surface area (Å²) in [6, 6.07) is 0. The van der Waals surface area contributed by atoms with Crippen LogP contribution in [0.3, 0.4) is 0 Å². The lowest BCUT2D eigenvalue weighted by Gasteiger charge is -2.32. The fourth-order valence-corrected chi connectivity index (χ4v) is 2.61. The quantitative estimate of drug-likeness (QED) is 0.774. The van der Waals surface area contributed by atoms with E-state index in [0.717, 1.165) is 13.1 Å². The molecular weight excluding hydrogens is 190 g/mol. The van der Waals surface area contributed by atoms with Gasteiger partial charge in [0.05, 0.1) is 18.3 Å². The maximum Gasteiger partial charge on any atom is 0.0603 e. The molecule has 3 heteroatoms. The van der Waals surface area contributed by atoms with Gasteiger partial charge in [-0.1, -0.05) is 0 Å². The fourth-order valence-electron chi connectivity index (χ4n) is 2.61. The van der Waals surface area contributed by atoms with E-state index >= 15 is 0 Å². The second-order valence-electron chi connectivity index (χ2n) is 4.72. The third kappa shape index (κ3) is 3.44. The molecule has 2 fully saturated rings. The number of nitrogens with one attached hydrogen (secondary N) is 1. The largest absolute Gasteiger partial charge is 0.381 e. The van der Waals surface area contributed by atoms with E-state index in [4.69, 9.17) is 9.47 Å². The van der Waals surface area contributed by atoms with Crippen LogP contribution in [0.25, 0.3) is 0 Å². The second kappa shape index (κ2) is 5.83. The minimum absolute atomic E-state index is 0.484. The van der Waals surface area contributed by atoms with Crippen molar-refractivity contribution in [2.75, 3.05) is 20.2 Å². The molecule has 0 aromatic carbocycles. The van der Waals surface area contributed by atoms with Gasteiger partial charge in [0, 0.05) is 7.11 Å². The topological polar surface area (TPSA) is 30.5 Å². The lowest BCUT2D eigenvalue weighted by atomic mass is 9.94. The third-order valence-electron chi connectivity index (χ3n) is 3.63. The first kappa shape index (κ1) is 11.4. The van der Waals surface area contributed by atoms with Crippen LogP contribution in [0.1, 0.15) is 38.5 Å². The predicted octanol–water partition coefficient (Wildman–Crippen LogP) is 1.71. The molecule has 0 aromatic rings. The van der Waals surface area contributed by atoms with Gasteiger partial charge in [0.2, 0.25) is 0 Å². The molecule has 15 heavy (non-hydrogen) atoms. The maximum atomic E-state index is 6.13. The predicted molar refractivity (Wildman–Crippen MR) is 60.0 cm³/mol. The Kier molecular flexibility index (Phi) is 4.42. The van der Waals surface area contributed by atoms with Crippen LogP contribution in [0.5, 0.6) is 0 Å². The highest BCUT2D eigenvalue weighted by Crippen LogP contribution is 2.25. The first-order valence-corrected chi connectivity index (χ1v) is 6.27. The van der Waals surface area contributed by atoms with Crippen molar-refractivity contribution in [3.05, 3.63) is 0 Å². The van der Waals surface area contributed by atoms with Crippen LogP contribution in [0.15, 0.2) is 0 Å². The number of rotatable bonds is 3. The number of hydrogen-bond donors (Lipinski definition) is 1. The molecule has 1 aliphatic heterocycles. The minimum atomic E-state index is 0.484. The van der Waals surface area contributed by atoms with Crippen LogP contribution in [0.4, 0.5) is 0 Å². The van der Waals surface area contributed by atoms with E-state index in [2.05, 4.69) is 5.32 Å². The number of piperidine rings is 1. The molecule has 2 aliphatic rings. The average molecular weight is 213 g/mol. The molecule has 1 saturated carbocycles. The molecule has 1 saturated heterocycles. The SMILES string of the molecule is COC1CCC(OC2CCNCC2)CC1. The number of ether oxygens (including phenoxy) is 2. The van der Waals surface area contributed by atoms with Crippen LogP contribution in [-0.2, 0) is 9.47 Å². The molecule has 0 radical (unpaired) electrons. The zero-order valence-corrected chi connectivity index (χ0v) is 9.71. The summed E-state index contributed by atoms with van der Waals surface area (Å²) in [6.45, 7) is 2.25. The Labute approximate surface area is 92.5 Å². The van der Waals surface area contributed by atoms with E-state index in [1.807, 2.05) is 7.11 Å². The minimum Gasteiger partial charge on any atom is -0.381 e. The van der Waals surface area contributed by atoms with Crippen molar-refractivity contribution in [3.8, 4) is 0 Å². The Bertz CT molecular complexity index is 172. The highest BCUT2D eigenvalue weighted by atomic mass is 16.5. The highest BCUT2D eigenvalue weighted by molar-refractivity contribution is 4.76. The van der Waals surface area contributed by atoms with Crippen LogP contribution in [0, 0.1) is 0 Å². The van der Waals surface area contributed by atoms with Gasteiger partial charge in [-0.2, -0.15) is 0 Å². The van der Waals surface area contributed by atoms with Gasteiger partial charge >= 0.3 is 0 Å². The van der Waals surface area contributed by atoms with Crippen molar-refractivity contribution < 1.29 is 9.47 Å². The summed E-state index contributed by atoms with van der Waals surface area (Å²) >= 11 is 0. The van der Waals surface area contributed by atoms with Crippen LogP contribution in [-0.4, -0.2) is 38.5 Å². The first-order chi connectivity index (χ1) is 7.38. The van der Waals surface area contributed by atoms with Crippen LogP contribution >= 0.6 is 0 Å². The molecule has 0 spiro atoms. The molecule has 0 aromatic heterocycles. The van der Waals surface area contributed by atoms with Gasteiger partial charge in [0.1, 0.15) is 0 Å². The molecule has 0 unspecified atom stereocenters. The van der Waals surface area contributed by atoms with Crippen LogP contribution in [0.2, 0.25) is 0 Å². The van der Waals surface area contributed by atoms with Gasteiger partial charge in [-0.05, 0) is 51.6 Å². The normalized spacial score (nSPS) is 34.2. The van der Waals surface area contributed by atoms with E-state index < -0.39 is 0 Å². The van der Waals surface area contributed by atoms with E-state index in [1.165, 1.54) is 38.5 Å². The van der Waals surface area contributed by atoms with E-state index in [9.17, 15) is 0 Å². The average Bonchev–Trinajstić information content (AvgIpc) is 2.31. The lowest BCUT2D eigenvalue weighted by Crippen LogP contribution is -2.36. The highest BCUT2D eigenvalue weighted by Gasteiger charge is 2.24. The molecular formula is C12H23NO2. The Morgan fingerprint density at radius 2 is 1.33 bits per heavy atom. The number of hydrogen-bond acceptors (Lipinski definition) is 3. The standard InChI is InChI=1S/C12H23NO2/c1-14-10-2-4-11(5-3-10)15-12-6-8-13-9-7-12/h10-13H,2-9H2,1H3. The van der Waals surface area contributed by atoms with Gasteiger partial charge in [-0.15, -0.1) is 0 Å². The molecule has 0 bridgehead atoms. The smallest absolute Gasteiger partial charge is 0.0603 e. The molecule has 88 valence electrons. The molecule has 0 amide bonds. The third-order valence-corrected chi connectivity index (χ3v) is 3.63. The monoisotopic (exact) mass is 213 g/mol. The summed E-state index contributed by atoms with van der Waals surface area (Å²) in [6.07, 6.45) is 8.57. The summed E-state index contributed by atoms with van der Waals surface area (Å²) in [7, 11) is 1.82. The van der Waals surface area contributed by atoms with E-state index in [1.54, 1.807) is 0 Å². The molecule has 1 aliphatic carbocycles. The lowest BCUT2D eigenvalue weighted by molar-refractivity contribution is -0.0630. The van der Waals surface area contributed by atoms with Crippen molar-refractivity contribution in [2.45, 2.75) is 56.8 Å². The summed E-state index contributed by atoms with van der Waals surface area (Å²) in [4.78, 5) is 0.